The second kappa shape index (κ2) is 15.0. The summed E-state index contributed by atoms with van der Waals surface area (Å²) in [5, 5.41) is 14.4. The van der Waals surface area contributed by atoms with Crippen LogP contribution in [-0.4, -0.2) is 58.4 Å². The van der Waals surface area contributed by atoms with E-state index < -0.39 is 5.54 Å². The lowest BCUT2D eigenvalue weighted by molar-refractivity contribution is -0.143. The van der Waals surface area contributed by atoms with Gasteiger partial charge in [-0.15, -0.1) is 24.8 Å². The molecule has 1 unspecified atom stereocenters. The first-order chi connectivity index (χ1) is 18.7. The lowest BCUT2D eigenvalue weighted by atomic mass is 9.89. The topological polar surface area (TPSA) is 138 Å². The van der Waals surface area contributed by atoms with Crippen LogP contribution < -0.4 is 16.4 Å². The van der Waals surface area contributed by atoms with Crippen LogP contribution in [0.3, 0.4) is 0 Å². The van der Waals surface area contributed by atoms with Gasteiger partial charge in [-0.1, -0.05) is 6.07 Å². The van der Waals surface area contributed by atoms with E-state index in [4.69, 9.17) is 20.9 Å². The molecule has 1 atom stereocenters. The van der Waals surface area contributed by atoms with Crippen LogP contribution in [0.15, 0.2) is 42.5 Å². The molecule has 4 rings (SSSR count). The molecule has 5 N–H and O–H groups in total. The molecule has 41 heavy (non-hydrogen) atoms. The molecule has 2 aromatic carbocycles. The predicted molar refractivity (Wildman–Crippen MR) is 167 cm³/mol. The Balaban J connectivity index is 0.00000294. The summed E-state index contributed by atoms with van der Waals surface area (Å²) in [4.78, 5) is 32.3. The average Bonchev–Trinajstić information content (AvgIpc) is 3.58. The van der Waals surface area contributed by atoms with E-state index in [-0.39, 0.29) is 42.5 Å². The van der Waals surface area contributed by atoms with Gasteiger partial charge in [0.05, 0.1) is 24.2 Å². The maximum atomic E-state index is 13.7. The second-order valence-electron chi connectivity index (χ2n) is 10.1. The largest absolute Gasteiger partial charge is 0.466 e. The highest BCUT2D eigenvalue weighted by molar-refractivity contribution is 5.95. The van der Waals surface area contributed by atoms with Gasteiger partial charge < -0.3 is 25.3 Å². The van der Waals surface area contributed by atoms with E-state index in [1.54, 1.807) is 6.92 Å². The summed E-state index contributed by atoms with van der Waals surface area (Å²) in [5.74, 6) is 0.712. The number of fused-ring (bicyclic) bond motifs is 1. The zero-order valence-corrected chi connectivity index (χ0v) is 25.5. The Hall–Kier alpha value is -3.34. The highest BCUT2D eigenvalue weighted by Crippen LogP contribution is 2.29. The maximum Gasteiger partial charge on any atom is 0.305 e. The standard InChI is InChI=1S/C29H39N7O3.2ClH/c1-4-39-26(37)8-7-15-33-29(2,28(38)36-16-5-6-17-36)21-11-14-24-23(18-21)34-25(35(24)3)19-32-22-12-9-20(10-13-22)27(30)31;;/h9-14,18,32-33H,4-8,15-17,19H2,1-3H3,(H3,30,31);2*1H. The Morgan fingerprint density at radius 2 is 1.80 bits per heavy atom. The van der Waals surface area contributed by atoms with E-state index >= 15 is 0 Å². The number of nitrogens with two attached hydrogens (primary N) is 1. The van der Waals surface area contributed by atoms with Gasteiger partial charge in [-0.05, 0) is 81.6 Å². The molecule has 1 aliphatic rings. The number of nitrogens with one attached hydrogen (secondary N) is 3. The highest BCUT2D eigenvalue weighted by atomic mass is 35.5. The molecule has 1 aliphatic heterocycles. The van der Waals surface area contributed by atoms with Crippen LogP contribution in [-0.2, 0) is 33.5 Å². The number of aryl methyl sites for hydroxylation is 1. The van der Waals surface area contributed by atoms with Crippen LogP contribution in [0.4, 0.5) is 5.69 Å². The molecule has 224 valence electrons. The number of nitrogens with zero attached hydrogens (tertiary/aromatic N) is 3. The van der Waals surface area contributed by atoms with Gasteiger partial charge in [0, 0.05) is 37.8 Å². The summed E-state index contributed by atoms with van der Waals surface area (Å²) < 4.78 is 7.08. The molecule has 0 radical (unpaired) electrons. The molecule has 0 spiro atoms. The molecular formula is C29H41Cl2N7O3. The Bertz CT molecular complexity index is 1340. The predicted octanol–water partition coefficient (Wildman–Crippen LogP) is 4.08. The van der Waals surface area contributed by atoms with Gasteiger partial charge in [0.1, 0.15) is 17.2 Å². The second-order valence-corrected chi connectivity index (χ2v) is 10.1. The first-order valence-corrected chi connectivity index (χ1v) is 13.6. The van der Waals surface area contributed by atoms with Crippen LogP contribution in [0, 0.1) is 5.41 Å². The van der Waals surface area contributed by atoms with Gasteiger partial charge in [-0.3, -0.25) is 20.3 Å². The molecular weight excluding hydrogens is 565 g/mol. The third-order valence-corrected chi connectivity index (χ3v) is 7.36. The molecule has 1 saturated heterocycles. The number of benzene rings is 2. The number of esters is 1. The van der Waals surface area contributed by atoms with Crippen molar-refractivity contribution in [2.45, 2.75) is 51.6 Å². The zero-order chi connectivity index (χ0) is 28.0. The number of ether oxygens (including phenoxy) is 1. The van der Waals surface area contributed by atoms with Gasteiger partial charge >= 0.3 is 5.97 Å². The van der Waals surface area contributed by atoms with Crippen molar-refractivity contribution in [3.05, 3.63) is 59.4 Å². The fraction of sp³-hybridized carbons (Fsp3) is 0.448. The number of rotatable bonds is 12. The number of amidine groups is 1. The molecule has 1 fully saturated rings. The number of imidazole rings is 1. The summed E-state index contributed by atoms with van der Waals surface area (Å²) in [5.41, 5.74) is 8.82. The van der Waals surface area contributed by atoms with Crippen molar-refractivity contribution >= 4 is 59.2 Å². The normalized spacial score (nSPS) is 14.1. The van der Waals surface area contributed by atoms with Crippen LogP contribution in [0.1, 0.15) is 56.5 Å². The van der Waals surface area contributed by atoms with E-state index in [9.17, 15) is 9.59 Å². The Morgan fingerprint density at radius 3 is 2.44 bits per heavy atom. The summed E-state index contributed by atoms with van der Waals surface area (Å²) in [6, 6.07) is 13.4. The maximum absolute atomic E-state index is 13.7. The van der Waals surface area contributed by atoms with Gasteiger partial charge in [-0.25, -0.2) is 4.98 Å². The average molecular weight is 607 g/mol. The van der Waals surface area contributed by atoms with E-state index in [0.717, 1.165) is 54.0 Å². The zero-order valence-electron chi connectivity index (χ0n) is 23.9. The van der Waals surface area contributed by atoms with Crippen LogP contribution in [0.5, 0.6) is 0 Å². The van der Waals surface area contributed by atoms with Gasteiger partial charge in [0.2, 0.25) is 5.91 Å². The fourth-order valence-electron chi connectivity index (χ4n) is 5.01. The molecule has 1 aromatic heterocycles. The van der Waals surface area contributed by atoms with Gasteiger partial charge in [-0.2, -0.15) is 0 Å². The Labute approximate surface area is 253 Å². The van der Waals surface area contributed by atoms with E-state index in [2.05, 4.69) is 10.6 Å². The minimum atomic E-state index is -0.943. The fourth-order valence-corrected chi connectivity index (χ4v) is 5.01. The van der Waals surface area contributed by atoms with E-state index in [0.29, 0.717) is 38.1 Å². The number of aromatic nitrogens is 2. The summed E-state index contributed by atoms with van der Waals surface area (Å²) in [6.07, 6.45) is 2.91. The first kappa shape index (κ1) is 33.9. The first-order valence-electron chi connectivity index (χ1n) is 13.6. The van der Waals surface area contributed by atoms with E-state index in [1.165, 1.54) is 0 Å². The van der Waals surface area contributed by atoms with Crippen molar-refractivity contribution in [1.29, 1.82) is 5.41 Å². The van der Waals surface area contributed by atoms with Crippen molar-refractivity contribution in [2.24, 2.45) is 12.8 Å². The number of carbonyl (C=O) groups is 2. The van der Waals surface area contributed by atoms with Gasteiger partial charge in [0.15, 0.2) is 0 Å². The third-order valence-electron chi connectivity index (χ3n) is 7.36. The quantitative estimate of drug-likeness (QED) is 0.106. The van der Waals surface area contributed by atoms with Crippen molar-refractivity contribution in [3.8, 4) is 0 Å². The highest BCUT2D eigenvalue weighted by Gasteiger charge is 2.39. The summed E-state index contributed by atoms with van der Waals surface area (Å²) >= 11 is 0. The smallest absolute Gasteiger partial charge is 0.305 e. The number of nitrogen functional groups attached to an aromatic ring is 1. The van der Waals surface area contributed by atoms with Crippen molar-refractivity contribution < 1.29 is 14.3 Å². The molecule has 1 amide bonds. The molecule has 12 heteroatoms. The van der Waals surface area contributed by atoms with Crippen LogP contribution >= 0.6 is 24.8 Å². The number of anilines is 1. The Morgan fingerprint density at radius 1 is 1.12 bits per heavy atom. The molecule has 2 heterocycles. The van der Waals surface area contributed by atoms with Crippen molar-refractivity contribution in [1.82, 2.24) is 19.8 Å². The number of likely N-dealkylation sites (tertiary alicyclic amines) is 1. The SMILES string of the molecule is CCOC(=O)CCCNC(C)(C(=O)N1CCCC1)c1ccc2c(c1)nc(CNc1ccc(C(=N)N)cc1)n2C.Cl.Cl. The summed E-state index contributed by atoms with van der Waals surface area (Å²) in [6.45, 7) is 6.62. The number of hydrogen-bond acceptors (Lipinski definition) is 7. The molecule has 10 nitrogen and oxygen atoms in total. The van der Waals surface area contributed by atoms with E-state index in [1.807, 2.05) is 65.9 Å². The number of halogens is 2. The summed E-state index contributed by atoms with van der Waals surface area (Å²) in [7, 11) is 1.98. The molecule has 0 aliphatic carbocycles. The van der Waals surface area contributed by atoms with Crippen molar-refractivity contribution in [3.63, 3.8) is 0 Å². The number of carbonyl (C=O) groups excluding carboxylic acids is 2. The number of hydrogen-bond donors (Lipinski definition) is 4. The molecule has 3 aromatic rings. The van der Waals surface area contributed by atoms with Crippen LogP contribution in [0.25, 0.3) is 11.0 Å². The lowest BCUT2D eigenvalue weighted by Gasteiger charge is -2.34. The van der Waals surface area contributed by atoms with Crippen molar-refractivity contribution in [2.75, 3.05) is 31.6 Å². The minimum absolute atomic E-state index is 0. The monoisotopic (exact) mass is 605 g/mol. The minimum Gasteiger partial charge on any atom is -0.466 e. The van der Waals surface area contributed by atoms with Gasteiger partial charge in [0.25, 0.3) is 0 Å². The third kappa shape index (κ3) is 7.90. The van der Waals surface area contributed by atoms with Crippen LogP contribution in [0.2, 0.25) is 0 Å². The molecule has 0 bridgehead atoms. The number of amides is 1. The lowest BCUT2D eigenvalue weighted by Crippen LogP contribution is -2.53. The molecule has 0 saturated carbocycles. The Kier molecular flexibility index (Phi) is 12.4.